The van der Waals surface area contributed by atoms with Gasteiger partial charge >= 0.3 is 5.97 Å². The van der Waals surface area contributed by atoms with E-state index in [1.807, 2.05) is 18.2 Å². The van der Waals surface area contributed by atoms with Crippen LogP contribution in [0.5, 0.6) is 0 Å². The van der Waals surface area contributed by atoms with Crippen LogP contribution < -0.4 is 5.73 Å². The topological polar surface area (TPSA) is 65.2 Å². The number of pyridine rings is 1. The molecule has 0 aliphatic rings. The first kappa shape index (κ1) is 14.5. The molecular formula is C15H18N2O2S. The van der Waals surface area contributed by atoms with Gasteiger partial charge in [0.2, 0.25) is 0 Å². The van der Waals surface area contributed by atoms with Crippen molar-refractivity contribution in [1.29, 1.82) is 0 Å². The van der Waals surface area contributed by atoms with Crippen LogP contribution in [0.25, 0.3) is 11.3 Å². The van der Waals surface area contributed by atoms with E-state index in [0.29, 0.717) is 16.5 Å². The normalized spacial score (nSPS) is 10.5. The number of nitrogen functional groups attached to an aromatic ring is 1. The summed E-state index contributed by atoms with van der Waals surface area (Å²) in [5, 5.41) is 0.621. The number of nitrogens with zero attached hydrogens (tertiary/aromatic N) is 1. The van der Waals surface area contributed by atoms with Crippen LogP contribution in [0, 0.1) is 0 Å². The van der Waals surface area contributed by atoms with Crippen molar-refractivity contribution < 1.29 is 9.53 Å². The summed E-state index contributed by atoms with van der Waals surface area (Å²) in [5.74, 6) is -0.296. The molecule has 0 radical (unpaired) electrons. The summed E-state index contributed by atoms with van der Waals surface area (Å²) in [5.41, 5.74) is 8.74. The molecule has 0 aromatic carbocycles. The van der Waals surface area contributed by atoms with Gasteiger partial charge in [0.1, 0.15) is 4.88 Å². The zero-order valence-electron chi connectivity index (χ0n) is 11.7. The molecule has 20 heavy (non-hydrogen) atoms. The zero-order valence-corrected chi connectivity index (χ0v) is 12.5. The molecule has 0 bridgehead atoms. The number of aromatic nitrogens is 1. The second-order valence-corrected chi connectivity index (χ2v) is 5.39. The second kappa shape index (κ2) is 6.52. The average molecular weight is 290 g/mol. The van der Waals surface area contributed by atoms with Crippen molar-refractivity contribution in [3.05, 3.63) is 34.8 Å². The SMILES string of the molecule is CCCc1c(C(=O)OCC)sc(N)c1-c1ccccn1. The number of rotatable bonds is 5. The Hall–Kier alpha value is -1.88. The van der Waals surface area contributed by atoms with Gasteiger partial charge in [0.25, 0.3) is 0 Å². The van der Waals surface area contributed by atoms with Crippen molar-refractivity contribution in [3.63, 3.8) is 0 Å². The average Bonchev–Trinajstić information content (AvgIpc) is 2.77. The van der Waals surface area contributed by atoms with Crippen LogP contribution in [0.3, 0.4) is 0 Å². The molecule has 0 spiro atoms. The lowest BCUT2D eigenvalue weighted by Crippen LogP contribution is -2.05. The lowest BCUT2D eigenvalue weighted by Gasteiger charge is -2.06. The number of hydrogen-bond acceptors (Lipinski definition) is 5. The van der Waals surface area contributed by atoms with Gasteiger partial charge in [0.05, 0.1) is 17.3 Å². The van der Waals surface area contributed by atoms with Gasteiger partial charge in [-0.2, -0.15) is 0 Å². The molecule has 106 valence electrons. The number of nitrogens with two attached hydrogens (primary N) is 1. The van der Waals surface area contributed by atoms with Crippen LogP contribution in [-0.4, -0.2) is 17.6 Å². The first-order valence-corrected chi connectivity index (χ1v) is 7.50. The number of hydrogen-bond donors (Lipinski definition) is 1. The van der Waals surface area contributed by atoms with Crippen LogP contribution in [-0.2, 0) is 11.2 Å². The van der Waals surface area contributed by atoms with Crippen molar-refractivity contribution in [2.24, 2.45) is 0 Å². The molecule has 2 rings (SSSR count). The van der Waals surface area contributed by atoms with Gasteiger partial charge in [-0.1, -0.05) is 19.4 Å². The Labute approximate surface area is 122 Å². The van der Waals surface area contributed by atoms with Crippen molar-refractivity contribution in [2.75, 3.05) is 12.3 Å². The second-order valence-electron chi connectivity index (χ2n) is 4.33. The molecule has 2 N–H and O–H groups in total. The minimum atomic E-state index is -0.296. The lowest BCUT2D eigenvalue weighted by molar-refractivity contribution is 0.0531. The highest BCUT2D eigenvalue weighted by Crippen LogP contribution is 2.39. The molecule has 0 saturated carbocycles. The summed E-state index contributed by atoms with van der Waals surface area (Å²) in [4.78, 5) is 17.0. The fourth-order valence-corrected chi connectivity index (χ4v) is 3.15. The Bertz CT molecular complexity index is 593. The van der Waals surface area contributed by atoms with Crippen LogP contribution in [0.4, 0.5) is 5.00 Å². The molecule has 0 atom stereocenters. The van der Waals surface area contributed by atoms with Crippen LogP contribution in [0.2, 0.25) is 0 Å². The van der Waals surface area contributed by atoms with Crippen LogP contribution in [0.1, 0.15) is 35.5 Å². The number of carbonyl (C=O) groups is 1. The Balaban J connectivity index is 2.54. The van der Waals surface area contributed by atoms with Crippen molar-refractivity contribution in [3.8, 4) is 11.3 Å². The van der Waals surface area contributed by atoms with E-state index in [1.54, 1.807) is 13.1 Å². The molecular weight excluding hydrogens is 272 g/mol. The molecule has 0 amide bonds. The summed E-state index contributed by atoms with van der Waals surface area (Å²) in [6.45, 7) is 4.24. The van der Waals surface area contributed by atoms with Gasteiger partial charge in [-0.15, -0.1) is 11.3 Å². The number of anilines is 1. The summed E-state index contributed by atoms with van der Waals surface area (Å²) in [6, 6.07) is 5.68. The monoisotopic (exact) mass is 290 g/mol. The highest BCUT2D eigenvalue weighted by molar-refractivity contribution is 7.18. The molecule has 0 aliphatic carbocycles. The van der Waals surface area contributed by atoms with Gasteiger partial charge in [0, 0.05) is 11.8 Å². The Morgan fingerprint density at radius 2 is 2.20 bits per heavy atom. The molecule has 4 nitrogen and oxygen atoms in total. The Kier molecular flexibility index (Phi) is 4.74. The minimum Gasteiger partial charge on any atom is -0.462 e. The maximum Gasteiger partial charge on any atom is 0.348 e. The van der Waals surface area contributed by atoms with E-state index in [9.17, 15) is 4.79 Å². The third kappa shape index (κ3) is 2.82. The molecule has 5 heteroatoms. The first-order chi connectivity index (χ1) is 9.69. The van der Waals surface area contributed by atoms with E-state index in [4.69, 9.17) is 10.5 Å². The van der Waals surface area contributed by atoms with E-state index in [-0.39, 0.29) is 5.97 Å². The summed E-state index contributed by atoms with van der Waals surface area (Å²) < 4.78 is 5.11. The summed E-state index contributed by atoms with van der Waals surface area (Å²) in [6.07, 6.45) is 3.45. The van der Waals surface area contributed by atoms with E-state index in [1.165, 1.54) is 11.3 Å². The van der Waals surface area contributed by atoms with E-state index < -0.39 is 0 Å². The quantitative estimate of drug-likeness (QED) is 0.856. The summed E-state index contributed by atoms with van der Waals surface area (Å²) >= 11 is 1.29. The Morgan fingerprint density at radius 3 is 2.80 bits per heavy atom. The molecule has 0 unspecified atom stereocenters. The Morgan fingerprint density at radius 1 is 1.40 bits per heavy atom. The van der Waals surface area contributed by atoms with Crippen molar-refractivity contribution in [2.45, 2.75) is 26.7 Å². The molecule has 2 heterocycles. The van der Waals surface area contributed by atoms with Gasteiger partial charge in [-0.05, 0) is 31.0 Å². The summed E-state index contributed by atoms with van der Waals surface area (Å²) in [7, 11) is 0. The van der Waals surface area contributed by atoms with E-state index in [2.05, 4.69) is 11.9 Å². The molecule has 0 fully saturated rings. The first-order valence-electron chi connectivity index (χ1n) is 6.68. The number of carbonyl (C=O) groups excluding carboxylic acids is 1. The maximum atomic E-state index is 12.0. The number of esters is 1. The fraction of sp³-hybridized carbons (Fsp3) is 0.333. The maximum absolute atomic E-state index is 12.0. The smallest absolute Gasteiger partial charge is 0.348 e. The third-order valence-corrected chi connectivity index (χ3v) is 3.96. The number of ether oxygens (including phenoxy) is 1. The molecule has 2 aromatic heterocycles. The van der Waals surface area contributed by atoms with Gasteiger partial charge in [-0.25, -0.2) is 4.79 Å². The van der Waals surface area contributed by atoms with Gasteiger partial charge in [0.15, 0.2) is 0 Å². The molecule has 0 aliphatic heterocycles. The van der Waals surface area contributed by atoms with E-state index >= 15 is 0 Å². The van der Waals surface area contributed by atoms with Crippen LogP contribution >= 0.6 is 11.3 Å². The standard InChI is InChI=1S/C15H18N2O2S/c1-3-7-10-12(11-8-5-6-9-17-11)14(16)20-13(10)15(18)19-4-2/h5-6,8-9H,3-4,7,16H2,1-2H3. The van der Waals surface area contributed by atoms with Gasteiger partial charge in [-0.3, -0.25) is 4.98 Å². The predicted octanol–water partition coefficient (Wildman–Crippen LogP) is 3.52. The number of thiophene rings is 1. The van der Waals surface area contributed by atoms with Crippen molar-refractivity contribution in [1.82, 2.24) is 4.98 Å². The third-order valence-electron chi connectivity index (χ3n) is 2.92. The zero-order chi connectivity index (χ0) is 14.5. The van der Waals surface area contributed by atoms with Crippen LogP contribution in [0.15, 0.2) is 24.4 Å². The minimum absolute atomic E-state index is 0.296. The van der Waals surface area contributed by atoms with E-state index in [0.717, 1.165) is 29.7 Å². The predicted molar refractivity (Wildman–Crippen MR) is 81.9 cm³/mol. The fourth-order valence-electron chi connectivity index (χ4n) is 2.13. The van der Waals surface area contributed by atoms with Crippen molar-refractivity contribution >= 4 is 22.3 Å². The lowest BCUT2D eigenvalue weighted by atomic mass is 10.0. The van der Waals surface area contributed by atoms with Gasteiger partial charge < -0.3 is 10.5 Å². The molecule has 0 saturated heterocycles. The molecule has 2 aromatic rings. The highest BCUT2D eigenvalue weighted by atomic mass is 32.1. The highest BCUT2D eigenvalue weighted by Gasteiger charge is 2.23. The largest absolute Gasteiger partial charge is 0.462 e.